The highest BCUT2D eigenvalue weighted by Gasteiger charge is 2.44. The lowest BCUT2D eigenvalue weighted by Crippen LogP contribution is -2.53. The number of phenolic OH excluding ortho intramolecular Hbond substituents is 1. The van der Waals surface area contributed by atoms with Crippen LogP contribution in [-0.2, 0) is 124 Å². The van der Waals surface area contributed by atoms with Gasteiger partial charge in [-0.15, -0.1) is 11.3 Å². The molecule has 3 heterocycles. The number of ether oxygens (including phenoxy) is 9. The standard InChI is InChI=1S/C102H148N10O29S3/c1-14-22-92(123)139-62-112(97(127)75(64(6)15-2)55-83(117)79-25-17-19-39-110(79)11)81(63(4)5)57-88(140-66(8)113)96-109-78(61-142-96)95(126)107-72(51-67-27-31-73(114)32-28-67)49-65(7)84(118)59-106-101(132)138-47-48-143-144-60-71(99(129)130)54-82(116)77(56-91(121)122)108-94(125)76(103)58-105-90(120)37-41-135-43-45-137-46-44-136-42-38-104-89(119)36-33-74(115)52-69-23-21-24-70(50-69)85(34-29-68-30-35-86(133-12)87(53-68)134-13)141-100(131)80-26-18-20-40-111(80)98(128)93(124)102(9,10)16-3/h21,23-24,27-28,30-32,35,50,53,61,63-65,71-72,75-77,79-81,85,88,114H,14-20,22,25-26,29,33-34,36-49,51-52,54-60,62,103H2,1-13H3,(H,104,119)(H,105,120)(H,106,132)(H,107,126)(H,108,125)(H,121,122)(H,129,130)/t64?,65-,71+,72+,75-,76+,77+,79+,80?,81+,85?,88+/m0/s1. The molecule has 144 heavy (non-hydrogen) atoms. The minimum absolute atomic E-state index is 0.00121. The third-order valence-electron chi connectivity index (χ3n) is 25.4. The summed E-state index contributed by atoms with van der Waals surface area (Å²) in [6, 6.07) is 12.9. The number of aromatic nitrogens is 1. The Hall–Kier alpha value is -11.0. The highest BCUT2D eigenvalue weighted by atomic mass is 33.1. The molecule has 798 valence electrons. The van der Waals surface area contributed by atoms with Crippen LogP contribution in [0, 0.1) is 35.0 Å². The van der Waals surface area contributed by atoms with Crippen molar-refractivity contribution in [2.75, 3.05) is 118 Å². The van der Waals surface area contributed by atoms with E-state index in [0.717, 1.165) is 57.9 Å². The number of aliphatic carboxylic acids is 2. The molecule has 39 nitrogen and oxygen atoms in total. The second-order valence-electron chi connectivity index (χ2n) is 37.2. The second-order valence-corrected chi connectivity index (χ2v) is 40.7. The third kappa shape index (κ3) is 42.6. The predicted molar refractivity (Wildman–Crippen MR) is 537 cm³/mol. The fourth-order valence-corrected chi connectivity index (χ4v) is 19.2. The van der Waals surface area contributed by atoms with Gasteiger partial charge in [-0.25, -0.2) is 14.6 Å². The molecule has 2 aliphatic rings. The molecule has 2 saturated heterocycles. The van der Waals surface area contributed by atoms with Crippen molar-refractivity contribution in [2.24, 2.45) is 40.7 Å². The number of likely N-dealkylation sites (tertiary alicyclic amines) is 2. The number of alkyl carbamates (subject to hydrolysis) is 1. The zero-order chi connectivity index (χ0) is 106. The first-order valence-corrected chi connectivity index (χ1v) is 52.7. The van der Waals surface area contributed by atoms with Crippen molar-refractivity contribution in [2.45, 2.75) is 259 Å². The lowest BCUT2D eigenvalue weighted by atomic mass is 9.82. The Morgan fingerprint density at radius 3 is 2.01 bits per heavy atom. The minimum Gasteiger partial charge on any atom is -0.508 e. The number of ketones is 5. The molecule has 42 heteroatoms. The van der Waals surface area contributed by atoms with Gasteiger partial charge in [0.05, 0.1) is 84.8 Å². The van der Waals surface area contributed by atoms with Gasteiger partial charge in [-0.3, -0.25) is 76.8 Å². The summed E-state index contributed by atoms with van der Waals surface area (Å²) in [5.41, 5.74) is 7.88. The van der Waals surface area contributed by atoms with Crippen molar-refractivity contribution >= 4 is 133 Å². The van der Waals surface area contributed by atoms with Crippen LogP contribution in [0.2, 0.25) is 0 Å². The maximum absolute atomic E-state index is 15.1. The SMILES string of the molecule is CCCC(=O)OCN(C(=O)[C@@H](CC(=O)[C@H]1CCCCN1C)C(C)CC)[C@H](C[C@@H](OC(C)=O)c1nc(C(=O)N[C@@H](Cc2ccc(O)cc2)C[C@H](C)C(=O)CNC(=O)OCCSSC[C@@H](CC(=O)[C@@H](CC(=O)O)NC(=O)[C@H](N)CNC(=O)CCOCCOCCOCCNC(=O)CCC(=O)Cc2cccc(C(CCc3ccc(OC)c(OC)c3)OC(=O)C3CCCCN3C(=O)C(=O)C(C)(C)CC)c2)C(=O)O)cs1)C(C)C. The Balaban J connectivity index is 0.860. The predicted octanol–water partition coefficient (Wildman–Crippen LogP) is 9.98. The van der Waals surface area contributed by atoms with Gasteiger partial charge in [-0.05, 0) is 143 Å². The van der Waals surface area contributed by atoms with Crippen molar-refractivity contribution in [3.8, 4) is 17.2 Å². The monoisotopic (exact) mass is 2070 g/mol. The van der Waals surface area contributed by atoms with Crippen LogP contribution in [0.5, 0.6) is 17.2 Å². The highest BCUT2D eigenvalue weighted by molar-refractivity contribution is 8.76. The molecule has 3 aromatic carbocycles. The highest BCUT2D eigenvalue weighted by Crippen LogP contribution is 2.37. The summed E-state index contributed by atoms with van der Waals surface area (Å²) < 4.78 is 50.7. The second kappa shape index (κ2) is 64.1. The van der Waals surface area contributed by atoms with Gasteiger partial charge in [0.1, 0.15) is 47.0 Å². The third-order valence-corrected chi connectivity index (χ3v) is 28.8. The van der Waals surface area contributed by atoms with E-state index in [1.54, 1.807) is 63.2 Å². The number of hydrogen-bond acceptors (Lipinski definition) is 33. The van der Waals surface area contributed by atoms with Crippen molar-refractivity contribution in [3.05, 3.63) is 105 Å². The van der Waals surface area contributed by atoms with Crippen LogP contribution in [0.4, 0.5) is 4.79 Å². The summed E-state index contributed by atoms with van der Waals surface area (Å²) in [6.45, 7) is 17.8. The molecule has 4 aromatic rings. The molecule has 12 atom stereocenters. The largest absolute Gasteiger partial charge is 0.508 e. The molecule has 0 aliphatic carbocycles. The Morgan fingerprint density at radius 2 is 1.35 bits per heavy atom. The van der Waals surface area contributed by atoms with Gasteiger partial charge in [0.15, 0.2) is 41.7 Å². The molecule has 0 radical (unpaired) electrons. The first-order valence-electron chi connectivity index (χ1n) is 49.4. The lowest BCUT2D eigenvalue weighted by Gasteiger charge is -2.39. The van der Waals surface area contributed by atoms with Gasteiger partial charge in [0.25, 0.3) is 11.8 Å². The van der Waals surface area contributed by atoms with Gasteiger partial charge in [-0.1, -0.05) is 139 Å². The van der Waals surface area contributed by atoms with Crippen LogP contribution in [-0.4, -0.2) is 290 Å². The quantitative estimate of drug-likeness (QED) is 0.00495. The molecule has 0 spiro atoms. The zero-order valence-electron chi connectivity index (χ0n) is 85.1. The van der Waals surface area contributed by atoms with Crippen LogP contribution in [0.3, 0.4) is 0 Å². The first kappa shape index (κ1) is 122. The van der Waals surface area contributed by atoms with Crippen LogP contribution in [0.15, 0.2) is 72.1 Å². The van der Waals surface area contributed by atoms with Crippen LogP contribution >= 0.6 is 32.9 Å². The smallest absolute Gasteiger partial charge is 0.407 e. The number of nitrogens with one attached hydrogen (secondary N) is 5. The fraction of sp³-hybridized carbons (Fsp3) is 0.627. The molecule has 0 saturated carbocycles. The van der Waals surface area contributed by atoms with E-state index in [0.29, 0.717) is 86.0 Å². The van der Waals surface area contributed by atoms with E-state index in [4.69, 9.17) is 48.4 Å². The maximum Gasteiger partial charge on any atom is 0.407 e. The van der Waals surface area contributed by atoms with Crippen molar-refractivity contribution in [1.82, 2.24) is 46.3 Å². The summed E-state index contributed by atoms with van der Waals surface area (Å²) in [7, 11) is 7.08. The summed E-state index contributed by atoms with van der Waals surface area (Å²) in [5.74, 6) is -13.0. The maximum atomic E-state index is 15.1. The van der Waals surface area contributed by atoms with E-state index in [1.165, 1.54) is 48.5 Å². The fourth-order valence-electron chi connectivity index (χ4n) is 16.3. The number of amides is 7. The summed E-state index contributed by atoms with van der Waals surface area (Å²) in [5, 5.41) is 44.3. The number of piperidine rings is 2. The van der Waals surface area contributed by atoms with Gasteiger partial charge in [0.2, 0.25) is 29.4 Å². The van der Waals surface area contributed by atoms with E-state index in [1.807, 2.05) is 65.6 Å². The number of aromatic hydroxyl groups is 1. The molecule has 1 aromatic heterocycles. The van der Waals surface area contributed by atoms with Crippen molar-refractivity contribution in [3.63, 3.8) is 0 Å². The van der Waals surface area contributed by atoms with E-state index in [9.17, 15) is 92.0 Å². The van der Waals surface area contributed by atoms with Crippen molar-refractivity contribution in [1.29, 1.82) is 0 Å². The molecule has 0 bridgehead atoms. The minimum atomic E-state index is -1.69. The number of rotatable bonds is 69. The Morgan fingerprint density at radius 1 is 0.681 bits per heavy atom. The van der Waals surface area contributed by atoms with E-state index < -0.39 is 175 Å². The zero-order valence-corrected chi connectivity index (χ0v) is 87.6. The summed E-state index contributed by atoms with van der Waals surface area (Å²) in [6.07, 6.45) is 2.00. The molecular formula is C102H148N10O29S3. The van der Waals surface area contributed by atoms with Gasteiger partial charge < -0.3 is 100 Å². The number of benzene rings is 3. The average molecular weight is 2070 g/mol. The van der Waals surface area contributed by atoms with Crippen molar-refractivity contribution < 1.29 is 139 Å². The van der Waals surface area contributed by atoms with Gasteiger partial charge in [-0.2, -0.15) is 0 Å². The molecule has 3 unspecified atom stereocenters. The number of methoxy groups -OCH3 is 2. The number of nitrogens with two attached hydrogens (primary N) is 1. The molecule has 2 fully saturated rings. The average Bonchev–Trinajstić information content (AvgIpc) is 0.903. The number of Topliss-reactive ketones (excluding diaryl/α,β-unsaturated/α-hetero) is 5. The number of carbonyl (C=O) groups is 17. The number of thiazole rings is 1. The molecule has 7 amide bonds. The Kier molecular flexibility index (Phi) is 54.1. The Bertz CT molecular complexity index is 4880. The van der Waals surface area contributed by atoms with E-state index in [-0.39, 0.29) is 186 Å². The van der Waals surface area contributed by atoms with Gasteiger partial charge >= 0.3 is 35.9 Å². The number of carbonyl (C=O) groups excluding carboxylic acids is 15. The molecule has 6 rings (SSSR count). The number of esters is 3. The number of hydrogen-bond donors (Lipinski definition) is 9. The molecule has 10 N–H and O–H groups in total. The van der Waals surface area contributed by atoms with E-state index in [2.05, 4.69) is 31.6 Å². The van der Waals surface area contributed by atoms with Crippen LogP contribution in [0.1, 0.15) is 241 Å². The number of aryl methyl sites for hydroxylation is 1. The summed E-state index contributed by atoms with van der Waals surface area (Å²) >= 11 is 1.04. The molecule has 2 aliphatic heterocycles. The summed E-state index contributed by atoms with van der Waals surface area (Å²) in [4.78, 5) is 236. The topological polar surface area (TPSA) is 543 Å². The Labute approximate surface area is 854 Å². The number of likely N-dealkylation sites (N-methyl/N-ethyl adjacent to an activating group) is 1. The van der Waals surface area contributed by atoms with E-state index >= 15 is 4.79 Å². The number of carboxylic acid groups (broad SMARTS) is 2. The van der Waals surface area contributed by atoms with Crippen LogP contribution < -0.4 is 41.8 Å². The normalized spacial score (nSPS) is 15.9. The number of carboxylic acids is 2. The molecular weight excluding hydrogens is 1930 g/mol. The first-order chi connectivity index (χ1) is 68.6. The number of nitrogens with zero attached hydrogens (tertiary/aromatic N) is 4. The van der Waals surface area contributed by atoms with Gasteiger partial charge in [0, 0.05) is 124 Å². The lowest BCUT2D eigenvalue weighted by molar-refractivity contribution is -0.165. The van der Waals surface area contributed by atoms with Crippen LogP contribution in [0.25, 0.3) is 0 Å². The number of phenols is 1.